The van der Waals surface area contributed by atoms with Crippen molar-refractivity contribution in [1.82, 2.24) is 5.32 Å². The van der Waals surface area contributed by atoms with Gasteiger partial charge in [-0.05, 0) is 18.9 Å². The van der Waals surface area contributed by atoms with Crippen LogP contribution in [0.3, 0.4) is 0 Å². The van der Waals surface area contributed by atoms with Crippen molar-refractivity contribution < 1.29 is 9.90 Å². The minimum absolute atomic E-state index is 0.221. The fourth-order valence-electron chi connectivity index (χ4n) is 2.20. The first kappa shape index (κ1) is 15.7. The number of benzene rings is 1. The average molecular weight is 263 g/mol. The molecule has 19 heavy (non-hydrogen) atoms. The molecule has 3 heteroatoms. The molecule has 0 amide bonds. The van der Waals surface area contributed by atoms with Crippen LogP contribution < -0.4 is 5.32 Å². The smallest absolute Gasteiger partial charge is 0.325 e. The molecule has 0 heterocycles. The molecule has 0 aliphatic rings. The number of hydrogen-bond donors (Lipinski definition) is 2. The Bertz CT molecular complexity index is 364. The molecular weight excluding hydrogens is 238 g/mol. The van der Waals surface area contributed by atoms with E-state index in [0.29, 0.717) is 0 Å². The standard InChI is InChI=1S/C16H25NO2/c1-3-4-5-7-10-13(2)17-15(16(18)19)14-11-8-6-9-12-14/h6,8-9,11-13,15,17H,3-5,7,10H2,1-2H3,(H,18,19). The van der Waals surface area contributed by atoms with E-state index in [1.807, 2.05) is 30.3 Å². The van der Waals surface area contributed by atoms with Crippen LogP contribution in [0.15, 0.2) is 30.3 Å². The maximum absolute atomic E-state index is 11.3. The summed E-state index contributed by atoms with van der Waals surface area (Å²) in [5.74, 6) is -0.813. The van der Waals surface area contributed by atoms with Gasteiger partial charge in [0.15, 0.2) is 0 Å². The van der Waals surface area contributed by atoms with Crippen LogP contribution in [-0.4, -0.2) is 17.1 Å². The van der Waals surface area contributed by atoms with Gasteiger partial charge < -0.3 is 5.11 Å². The normalized spacial score (nSPS) is 14.0. The number of aliphatic carboxylic acids is 1. The van der Waals surface area contributed by atoms with Crippen molar-refractivity contribution in [2.75, 3.05) is 0 Å². The number of carbonyl (C=O) groups is 1. The fourth-order valence-corrected chi connectivity index (χ4v) is 2.20. The lowest BCUT2D eigenvalue weighted by Crippen LogP contribution is -2.35. The molecule has 106 valence electrons. The number of rotatable bonds is 9. The van der Waals surface area contributed by atoms with Crippen LogP contribution in [-0.2, 0) is 4.79 Å². The van der Waals surface area contributed by atoms with Gasteiger partial charge in [0.2, 0.25) is 0 Å². The van der Waals surface area contributed by atoms with Crippen LogP contribution in [0.1, 0.15) is 57.6 Å². The first-order valence-electron chi connectivity index (χ1n) is 7.19. The zero-order valence-electron chi connectivity index (χ0n) is 11.9. The Morgan fingerprint density at radius 3 is 2.47 bits per heavy atom. The Kier molecular flexibility index (Phi) is 7.19. The van der Waals surface area contributed by atoms with E-state index in [1.165, 1.54) is 19.3 Å². The van der Waals surface area contributed by atoms with E-state index in [-0.39, 0.29) is 6.04 Å². The van der Waals surface area contributed by atoms with E-state index >= 15 is 0 Å². The Hall–Kier alpha value is -1.35. The summed E-state index contributed by atoms with van der Waals surface area (Å²) < 4.78 is 0. The Balaban J connectivity index is 2.48. The topological polar surface area (TPSA) is 49.3 Å². The molecule has 0 aromatic heterocycles. The van der Waals surface area contributed by atoms with Gasteiger partial charge in [-0.1, -0.05) is 62.9 Å². The van der Waals surface area contributed by atoms with Crippen molar-refractivity contribution in [3.63, 3.8) is 0 Å². The molecule has 0 fully saturated rings. The average Bonchev–Trinajstić information content (AvgIpc) is 2.41. The molecule has 2 unspecified atom stereocenters. The van der Waals surface area contributed by atoms with E-state index < -0.39 is 12.0 Å². The van der Waals surface area contributed by atoms with Crippen LogP contribution in [0, 0.1) is 0 Å². The molecule has 2 N–H and O–H groups in total. The molecule has 0 saturated heterocycles. The van der Waals surface area contributed by atoms with Gasteiger partial charge in [0.1, 0.15) is 6.04 Å². The summed E-state index contributed by atoms with van der Waals surface area (Å²) in [6.45, 7) is 4.25. The van der Waals surface area contributed by atoms with Crippen molar-refractivity contribution in [2.45, 2.75) is 58.0 Å². The zero-order valence-corrected chi connectivity index (χ0v) is 11.9. The summed E-state index contributed by atoms with van der Waals surface area (Å²) in [7, 11) is 0. The molecule has 3 nitrogen and oxygen atoms in total. The lowest BCUT2D eigenvalue weighted by molar-refractivity contribution is -0.139. The van der Waals surface area contributed by atoms with Crippen molar-refractivity contribution in [2.24, 2.45) is 0 Å². The van der Waals surface area contributed by atoms with E-state index in [2.05, 4.69) is 19.2 Å². The summed E-state index contributed by atoms with van der Waals surface area (Å²) in [5, 5.41) is 12.5. The van der Waals surface area contributed by atoms with Crippen LogP contribution in [0.5, 0.6) is 0 Å². The Morgan fingerprint density at radius 1 is 1.21 bits per heavy atom. The molecule has 1 aromatic rings. The largest absolute Gasteiger partial charge is 0.480 e. The molecule has 0 bridgehead atoms. The van der Waals surface area contributed by atoms with Crippen molar-refractivity contribution in [3.05, 3.63) is 35.9 Å². The van der Waals surface area contributed by atoms with Gasteiger partial charge in [0.05, 0.1) is 0 Å². The van der Waals surface area contributed by atoms with Gasteiger partial charge in [-0.25, -0.2) is 0 Å². The van der Waals surface area contributed by atoms with E-state index in [9.17, 15) is 9.90 Å². The SMILES string of the molecule is CCCCCCC(C)NC(C(=O)O)c1ccccc1. The summed E-state index contributed by atoms with van der Waals surface area (Å²) in [6.07, 6.45) is 5.89. The molecule has 0 spiro atoms. The summed E-state index contributed by atoms with van der Waals surface area (Å²) >= 11 is 0. The predicted octanol–water partition coefficient (Wildman–Crippen LogP) is 3.76. The zero-order chi connectivity index (χ0) is 14.1. The lowest BCUT2D eigenvalue weighted by Gasteiger charge is -2.20. The molecular formula is C16H25NO2. The van der Waals surface area contributed by atoms with Crippen molar-refractivity contribution in [3.8, 4) is 0 Å². The maximum atomic E-state index is 11.3. The fraction of sp³-hybridized carbons (Fsp3) is 0.562. The minimum Gasteiger partial charge on any atom is -0.480 e. The highest BCUT2D eigenvalue weighted by atomic mass is 16.4. The number of hydrogen-bond acceptors (Lipinski definition) is 2. The van der Waals surface area contributed by atoms with Crippen LogP contribution in [0.4, 0.5) is 0 Å². The van der Waals surface area contributed by atoms with Crippen molar-refractivity contribution in [1.29, 1.82) is 0 Å². The summed E-state index contributed by atoms with van der Waals surface area (Å²) in [4.78, 5) is 11.3. The molecule has 1 aromatic carbocycles. The lowest BCUT2D eigenvalue weighted by atomic mass is 10.0. The second-order valence-electron chi connectivity index (χ2n) is 5.10. The van der Waals surface area contributed by atoms with E-state index in [1.54, 1.807) is 0 Å². The Labute approximate surface area is 116 Å². The first-order valence-corrected chi connectivity index (χ1v) is 7.19. The second-order valence-corrected chi connectivity index (χ2v) is 5.10. The van der Waals surface area contributed by atoms with Crippen LogP contribution in [0.25, 0.3) is 0 Å². The molecule has 0 aliphatic heterocycles. The summed E-state index contributed by atoms with van der Waals surface area (Å²) in [5.41, 5.74) is 0.815. The third-order valence-corrected chi connectivity index (χ3v) is 3.32. The van der Waals surface area contributed by atoms with Gasteiger partial charge in [-0.3, -0.25) is 10.1 Å². The van der Waals surface area contributed by atoms with Crippen LogP contribution in [0.2, 0.25) is 0 Å². The molecule has 2 atom stereocenters. The Morgan fingerprint density at radius 2 is 1.89 bits per heavy atom. The third kappa shape index (κ3) is 5.88. The minimum atomic E-state index is -0.813. The number of carboxylic acid groups (broad SMARTS) is 1. The van der Waals surface area contributed by atoms with Crippen molar-refractivity contribution >= 4 is 5.97 Å². The quantitative estimate of drug-likeness (QED) is 0.667. The predicted molar refractivity (Wildman–Crippen MR) is 78.2 cm³/mol. The highest BCUT2D eigenvalue weighted by Crippen LogP contribution is 2.15. The second kappa shape index (κ2) is 8.70. The molecule has 0 saturated carbocycles. The highest BCUT2D eigenvalue weighted by Gasteiger charge is 2.20. The van der Waals surface area contributed by atoms with Gasteiger partial charge in [0, 0.05) is 6.04 Å². The van der Waals surface area contributed by atoms with Crippen LogP contribution >= 0.6 is 0 Å². The van der Waals surface area contributed by atoms with E-state index in [0.717, 1.165) is 18.4 Å². The molecule has 1 rings (SSSR count). The van der Waals surface area contributed by atoms with Gasteiger partial charge in [-0.15, -0.1) is 0 Å². The molecule has 0 aliphatic carbocycles. The monoisotopic (exact) mass is 263 g/mol. The van der Waals surface area contributed by atoms with Gasteiger partial charge >= 0.3 is 5.97 Å². The highest BCUT2D eigenvalue weighted by molar-refractivity contribution is 5.75. The first-order chi connectivity index (χ1) is 9.15. The third-order valence-electron chi connectivity index (χ3n) is 3.32. The number of nitrogens with one attached hydrogen (secondary N) is 1. The van der Waals surface area contributed by atoms with Gasteiger partial charge in [0.25, 0.3) is 0 Å². The number of carboxylic acids is 1. The van der Waals surface area contributed by atoms with Gasteiger partial charge in [-0.2, -0.15) is 0 Å². The summed E-state index contributed by atoms with van der Waals surface area (Å²) in [6, 6.07) is 8.97. The molecule has 0 radical (unpaired) electrons. The van der Waals surface area contributed by atoms with E-state index in [4.69, 9.17) is 0 Å². The maximum Gasteiger partial charge on any atom is 0.325 e. The number of unbranched alkanes of at least 4 members (excludes halogenated alkanes) is 3.